The molecule has 0 bridgehead atoms. The zero-order chi connectivity index (χ0) is 24.5. The van der Waals surface area contributed by atoms with Crippen LogP contribution >= 0.6 is 0 Å². The molecule has 4 nitrogen and oxygen atoms in total. The van der Waals surface area contributed by atoms with E-state index in [1.54, 1.807) is 0 Å². The molecule has 0 radical (unpaired) electrons. The van der Waals surface area contributed by atoms with Crippen molar-refractivity contribution in [2.24, 2.45) is 0 Å². The molecule has 4 rings (SSSR count). The zero-order valence-corrected chi connectivity index (χ0v) is 20.2. The highest BCUT2D eigenvalue weighted by Crippen LogP contribution is 2.20. The first-order valence-corrected chi connectivity index (χ1v) is 11.8. The SMILES string of the molecule is CCc1cc(Cc2ccc(N)c(CC)c2)ccc1N.Nc1ccc(Cc2ccc(N)cc2)cc1. The van der Waals surface area contributed by atoms with Crippen LogP contribution in [0.25, 0.3) is 0 Å². The van der Waals surface area contributed by atoms with Gasteiger partial charge in [0.15, 0.2) is 0 Å². The Bertz CT molecular complexity index is 1100. The summed E-state index contributed by atoms with van der Waals surface area (Å²) in [6.45, 7) is 4.27. The van der Waals surface area contributed by atoms with Crippen molar-refractivity contribution in [3.63, 3.8) is 0 Å². The molecule has 0 fully saturated rings. The summed E-state index contributed by atoms with van der Waals surface area (Å²) in [5.74, 6) is 0. The number of benzene rings is 4. The van der Waals surface area contributed by atoms with Crippen LogP contribution in [-0.4, -0.2) is 0 Å². The van der Waals surface area contributed by atoms with E-state index in [0.717, 1.165) is 48.4 Å². The van der Waals surface area contributed by atoms with Gasteiger partial charge in [-0.1, -0.05) is 62.4 Å². The van der Waals surface area contributed by atoms with Gasteiger partial charge in [0.05, 0.1) is 0 Å². The van der Waals surface area contributed by atoms with Crippen molar-refractivity contribution >= 4 is 22.7 Å². The fourth-order valence-corrected chi connectivity index (χ4v) is 3.89. The van der Waals surface area contributed by atoms with E-state index >= 15 is 0 Å². The van der Waals surface area contributed by atoms with Crippen molar-refractivity contribution in [1.82, 2.24) is 0 Å². The summed E-state index contributed by atoms with van der Waals surface area (Å²) in [5.41, 5.74) is 34.1. The zero-order valence-electron chi connectivity index (χ0n) is 20.2. The molecule has 4 heteroatoms. The van der Waals surface area contributed by atoms with Crippen LogP contribution in [0.5, 0.6) is 0 Å². The summed E-state index contributed by atoms with van der Waals surface area (Å²) in [4.78, 5) is 0. The van der Waals surface area contributed by atoms with Crippen LogP contribution in [0.3, 0.4) is 0 Å². The normalized spacial score (nSPS) is 10.4. The molecule has 0 unspecified atom stereocenters. The van der Waals surface area contributed by atoms with Gasteiger partial charge in [-0.05, 0) is 95.5 Å². The number of nitrogens with two attached hydrogens (primary N) is 4. The monoisotopic (exact) mass is 452 g/mol. The summed E-state index contributed by atoms with van der Waals surface area (Å²) >= 11 is 0. The summed E-state index contributed by atoms with van der Waals surface area (Å²) in [6.07, 6.45) is 3.80. The molecule has 0 aromatic heterocycles. The van der Waals surface area contributed by atoms with Crippen LogP contribution in [0.15, 0.2) is 84.9 Å². The molecule has 0 saturated carbocycles. The summed E-state index contributed by atoms with van der Waals surface area (Å²) < 4.78 is 0. The van der Waals surface area contributed by atoms with E-state index in [2.05, 4.69) is 38.1 Å². The molecule has 0 aliphatic carbocycles. The first kappa shape index (κ1) is 24.7. The van der Waals surface area contributed by atoms with E-state index in [0.29, 0.717) is 0 Å². The van der Waals surface area contributed by atoms with Gasteiger partial charge < -0.3 is 22.9 Å². The average molecular weight is 453 g/mol. The van der Waals surface area contributed by atoms with Crippen molar-refractivity contribution in [1.29, 1.82) is 0 Å². The third-order valence-corrected chi connectivity index (χ3v) is 5.95. The van der Waals surface area contributed by atoms with E-state index in [4.69, 9.17) is 22.9 Å². The molecule has 0 atom stereocenters. The first-order valence-electron chi connectivity index (χ1n) is 11.8. The Kier molecular flexibility index (Phi) is 8.58. The first-order chi connectivity index (χ1) is 16.4. The molecule has 176 valence electrons. The van der Waals surface area contributed by atoms with E-state index in [9.17, 15) is 0 Å². The molecular weight excluding hydrogens is 416 g/mol. The average Bonchev–Trinajstić information content (AvgIpc) is 2.85. The number of hydrogen-bond acceptors (Lipinski definition) is 4. The predicted octanol–water partition coefficient (Wildman–Crippen LogP) is 6.01. The molecule has 0 heterocycles. The van der Waals surface area contributed by atoms with E-state index in [1.807, 2.05) is 60.7 Å². The second kappa shape index (κ2) is 11.8. The Morgan fingerprint density at radius 2 is 0.765 bits per heavy atom. The number of nitrogen functional groups attached to an aromatic ring is 4. The topological polar surface area (TPSA) is 104 Å². The highest BCUT2D eigenvalue weighted by Gasteiger charge is 2.03. The van der Waals surface area contributed by atoms with Crippen LogP contribution in [0, 0.1) is 0 Å². The van der Waals surface area contributed by atoms with Gasteiger partial charge in [-0.3, -0.25) is 0 Å². The Hall–Kier alpha value is -3.92. The molecule has 0 amide bonds. The highest BCUT2D eigenvalue weighted by molar-refractivity contribution is 5.52. The number of hydrogen-bond donors (Lipinski definition) is 4. The van der Waals surface area contributed by atoms with Gasteiger partial charge in [0.25, 0.3) is 0 Å². The summed E-state index contributed by atoms with van der Waals surface area (Å²) in [5, 5.41) is 0. The minimum Gasteiger partial charge on any atom is -0.399 e. The van der Waals surface area contributed by atoms with Crippen LogP contribution in [-0.2, 0) is 25.7 Å². The van der Waals surface area contributed by atoms with Crippen molar-refractivity contribution in [2.45, 2.75) is 39.5 Å². The minimum absolute atomic E-state index is 0.802. The fraction of sp³-hybridized carbons (Fsp3) is 0.200. The second-order valence-electron chi connectivity index (χ2n) is 8.61. The van der Waals surface area contributed by atoms with Crippen molar-refractivity contribution in [3.05, 3.63) is 118 Å². The maximum atomic E-state index is 5.94. The lowest BCUT2D eigenvalue weighted by atomic mass is 9.98. The lowest BCUT2D eigenvalue weighted by Crippen LogP contribution is -1.98. The highest BCUT2D eigenvalue weighted by atomic mass is 14.6. The third-order valence-electron chi connectivity index (χ3n) is 5.95. The molecule has 0 aliphatic heterocycles. The van der Waals surface area contributed by atoms with Gasteiger partial charge in [-0.2, -0.15) is 0 Å². The minimum atomic E-state index is 0.802. The lowest BCUT2D eigenvalue weighted by molar-refractivity contribution is 1.09. The van der Waals surface area contributed by atoms with Crippen molar-refractivity contribution in [3.8, 4) is 0 Å². The molecular formula is C30H36N4. The Morgan fingerprint density at radius 3 is 1.12 bits per heavy atom. The second-order valence-corrected chi connectivity index (χ2v) is 8.61. The van der Waals surface area contributed by atoms with Crippen LogP contribution < -0.4 is 22.9 Å². The lowest BCUT2D eigenvalue weighted by Gasteiger charge is -2.09. The van der Waals surface area contributed by atoms with Gasteiger partial charge >= 0.3 is 0 Å². The molecule has 0 spiro atoms. The van der Waals surface area contributed by atoms with Crippen LogP contribution in [0.2, 0.25) is 0 Å². The molecule has 0 aliphatic rings. The Labute approximate surface area is 203 Å². The van der Waals surface area contributed by atoms with Crippen LogP contribution in [0.1, 0.15) is 47.2 Å². The number of anilines is 4. The fourth-order valence-electron chi connectivity index (χ4n) is 3.89. The quantitative estimate of drug-likeness (QED) is 0.269. The van der Waals surface area contributed by atoms with Gasteiger partial charge in [0, 0.05) is 22.7 Å². The van der Waals surface area contributed by atoms with E-state index in [-0.39, 0.29) is 0 Å². The predicted molar refractivity (Wildman–Crippen MR) is 148 cm³/mol. The van der Waals surface area contributed by atoms with E-state index < -0.39 is 0 Å². The largest absolute Gasteiger partial charge is 0.399 e. The molecule has 4 aromatic rings. The molecule has 8 N–H and O–H groups in total. The summed E-state index contributed by atoms with van der Waals surface area (Å²) in [7, 11) is 0. The third kappa shape index (κ3) is 7.04. The molecule has 0 saturated heterocycles. The van der Waals surface area contributed by atoms with Gasteiger partial charge in [0.2, 0.25) is 0 Å². The maximum absolute atomic E-state index is 5.94. The van der Waals surface area contributed by atoms with Crippen LogP contribution in [0.4, 0.5) is 22.7 Å². The van der Waals surface area contributed by atoms with E-state index in [1.165, 1.54) is 33.4 Å². The Balaban J connectivity index is 0.000000196. The smallest absolute Gasteiger partial charge is 0.0346 e. The van der Waals surface area contributed by atoms with Gasteiger partial charge in [0.1, 0.15) is 0 Å². The van der Waals surface area contributed by atoms with Crippen molar-refractivity contribution in [2.75, 3.05) is 22.9 Å². The van der Waals surface area contributed by atoms with Crippen molar-refractivity contribution < 1.29 is 0 Å². The molecule has 4 aromatic carbocycles. The maximum Gasteiger partial charge on any atom is 0.0346 e. The molecule has 34 heavy (non-hydrogen) atoms. The number of rotatable bonds is 6. The Morgan fingerprint density at radius 1 is 0.441 bits per heavy atom. The van der Waals surface area contributed by atoms with Gasteiger partial charge in [-0.25, -0.2) is 0 Å². The number of aryl methyl sites for hydroxylation is 2. The standard InChI is InChI=1S/C17H22N2.C13H14N2/c1-3-14-10-12(5-7-16(14)18)9-13-6-8-17(19)15(4-2)11-13;14-12-5-1-10(2-6-12)9-11-3-7-13(15)8-4-11/h5-8,10-11H,3-4,9,18-19H2,1-2H3;1-8H,9,14-15H2. The van der Waals surface area contributed by atoms with Gasteiger partial charge in [-0.15, -0.1) is 0 Å². The summed E-state index contributed by atoms with van der Waals surface area (Å²) in [6, 6.07) is 28.5.